The largest absolute Gasteiger partial charge is 0.456 e. The first kappa shape index (κ1) is 23.4. The molecule has 160 valence electrons. The number of rotatable bonds is 10. The van der Waals surface area contributed by atoms with Crippen molar-refractivity contribution in [3.05, 3.63) is 70.7 Å². The van der Waals surface area contributed by atoms with Gasteiger partial charge in [0.05, 0.1) is 23.0 Å². The molecule has 0 fully saturated rings. The third-order valence-electron chi connectivity index (χ3n) is 4.49. The van der Waals surface area contributed by atoms with E-state index in [4.69, 9.17) is 16.3 Å². The number of hydrogen-bond acceptors (Lipinski definition) is 4. The molecule has 2 atom stereocenters. The molecular formula is C23H27ClN2O4. The van der Waals surface area contributed by atoms with E-state index in [2.05, 4.69) is 10.6 Å². The Hall–Kier alpha value is -2.86. The number of carbonyl (C=O) groups excluding carboxylic acids is 3. The molecule has 0 aliphatic rings. The van der Waals surface area contributed by atoms with Crippen molar-refractivity contribution >= 4 is 29.4 Å². The second-order valence-electron chi connectivity index (χ2n) is 7.04. The average molecular weight is 431 g/mol. The first-order chi connectivity index (χ1) is 14.4. The van der Waals surface area contributed by atoms with E-state index in [1.807, 2.05) is 44.2 Å². The lowest BCUT2D eigenvalue weighted by molar-refractivity contribution is -0.149. The summed E-state index contributed by atoms with van der Waals surface area (Å²) in [6, 6.07) is 15.2. The van der Waals surface area contributed by atoms with Crippen LogP contribution in [0.3, 0.4) is 0 Å². The highest BCUT2D eigenvalue weighted by molar-refractivity contribution is 6.33. The van der Waals surface area contributed by atoms with Gasteiger partial charge in [-0.2, -0.15) is 0 Å². The lowest BCUT2D eigenvalue weighted by Crippen LogP contribution is -2.36. The van der Waals surface area contributed by atoms with Crippen LogP contribution in [0.5, 0.6) is 0 Å². The van der Waals surface area contributed by atoms with E-state index in [1.54, 1.807) is 24.3 Å². The third-order valence-corrected chi connectivity index (χ3v) is 4.82. The maximum absolute atomic E-state index is 12.7. The molecule has 2 amide bonds. The van der Waals surface area contributed by atoms with E-state index < -0.39 is 17.9 Å². The Morgan fingerprint density at radius 2 is 1.67 bits per heavy atom. The van der Waals surface area contributed by atoms with Gasteiger partial charge in [0.15, 0.2) is 6.61 Å². The second-order valence-corrected chi connectivity index (χ2v) is 7.45. The summed E-state index contributed by atoms with van der Waals surface area (Å²) in [6.07, 6.45) is 1.69. The smallest absolute Gasteiger partial charge is 0.308 e. The Bertz CT molecular complexity index is 857. The number of amides is 2. The summed E-state index contributed by atoms with van der Waals surface area (Å²) >= 11 is 6.11. The minimum atomic E-state index is -0.621. The summed E-state index contributed by atoms with van der Waals surface area (Å²) in [6.45, 7) is 3.58. The molecule has 0 spiro atoms. The highest BCUT2D eigenvalue weighted by atomic mass is 35.5. The van der Waals surface area contributed by atoms with Gasteiger partial charge in [-0.1, -0.05) is 67.4 Å². The van der Waals surface area contributed by atoms with Gasteiger partial charge in [-0.15, -0.1) is 0 Å². The molecule has 0 aliphatic carbocycles. The summed E-state index contributed by atoms with van der Waals surface area (Å²) in [7, 11) is 0. The number of benzene rings is 2. The number of esters is 1. The van der Waals surface area contributed by atoms with Gasteiger partial charge < -0.3 is 15.4 Å². The Balaban J connectivity index is 2.00. The van der Waals surface area contributed by atoms with Gasteiger partial charge in [0, 0.05) is 6.04 Å². The van der Waals surface area contributed by atoms with E-state index in [-0.39, 0.29) is 25.0 Å². The molecule has 0 heterocycles. The number of halogens is 1. The van der Waals surface area contributed by atoms with Crippen molar-refractivity contribution in [1.29, 1.82) is 0 Å². The molecule has 7 heteroatoms. The fourth-order valence-electron chi connectivity index (χ4n) is 3.01. The van der Waals surface area contributed by atoms with Gasteiger partial charge in [-0.05, 0) is 31.0 Å². The molecule has 2 rings (SSSR count). The average Bonchev–Trinajstić information content (AvgIpc) is 2.73. The first-order valence-corrected chi connectivity index (χ1v) is 10.3. The van der Waals surface area contributed by atoms with Crippen molar-refractivity contribution in [1.82, 2.24) is 10.6 Å². The van der Waals surface area contributed by atoms with Crippen LogP contribution in [-0.4, -0.2) is 30.4 Å². The standard InChI is InChI=1S/C23H27ClN2O4/c1-3-9-16(2)25-21(27)15-30-22(28)14-20(17-10-5-4-6-11-17)26-23(29)18-12-7-8-13-19(18)24/h4-8,10-13,16,20H,3,9,14-15H2,1-2H3,(H,25,27)(H,26,29)/t16-,20+/m1/s1. The SMILES string of the molecule is CCC[C@@H](C)NC(=O)COC(=O)C[C@H](NC(=O)c1ccccc1Cl)c1ccccc1. The summed E-state index contributed by atoms with van der Waals surface area (Å²) in [4.78, 5) is 36.9. The summed E-state index contributed by atoms with van der Waals surface area (Å²) in [5, 5.41) is 5.94. The molecule has 0 bridgehead atoms. The quantitative estimate of drug-likeness (QED) is 0.557. The number of ether oxygens (including phenoxy) is 1. The summed E-state index contributed by atoms with van der Waals surface area (Å²) < 4.78 is 5.12. The Kier molecular flexibility index (Phi) is 9.35. The van der Waals surface area contributed by atoms with Crippen LogP contribution in [0.4, 0.5) is 0 Å². The minimum Gasteiger partial charge on any atom is -0.456 e. The zero-order chi connectivity index (χ0) is 21.9. The maximum Gasteiger partial charge on any atom is 0.308 e. The fourth-order valence-corrected chi connectivity index (χ4v) is 3.23. The van der Waals surface area contributed by atoms with Crippen LogP contribution in [0, 0.1) is 0 Å². The van der Waals surface area contributed by atoms with Gasteiger partial charge >= 0.3 is 5.97 Å². The predicted molar refractivity (Wildman–Crippen MR) is 116 cm³/mol. The molecule has 2 aromatic rings. The summed E-state index contributed by atoms with van der Waals surface area (Å²) in [5.41, 5.74) is 1.06. The van der Waals surface area contributed by atoms with Crippen LogP contribution in [0.15, 0.2) is 54.6 Å². The lowest BCUT2D eigenvalue weighted by Gasteiger charge is -2.19. The molecule has 0 aliphatic heterocycles. The van der Waals surface area contributed by atoms with E-state index in [0.29, 0.717) is 10.6 Å². The van der Waals surface area contributed by atoms with Crippen molar-refractivity contribution in [2.45, 2.75) is 45.2 Å². The van der Waals surface area contributed by atoms with Crippen molar-refractivity contribution < 1.29 is 19.1 Å². The van der Waals surface area contributed by atoms with Crippen LogP contribution >= 0.6 is 11.6 Å². The first-order valence-electron chi connectivity index (χ1n) is 9.96. The Labute approximate surface area is 182 Å². The number of carbonyl (C=O) groups is 3. The van der Waals surface area contributed by atoms with Gasteiger partial charge in [0.1, 0.15) is 0 Å². The Morgan fingerprint density at radius 3 is 2.33 bits per heavy atom. The molecule has 6 nitrogen and oxygen atoms in total. The molecule has 0 aromatic heterocycles. The normalized spacial score (nSPS) is 12.5. The van der Waals surface area contributed by atoms with Crippen LogP contribution in [0.2, 0.25) is 5.02 Å². The van der Waals surface area contributed by atoms with Crippen LogP contribution in [0.1, 0.15) is 55.1 Å². The molecule has 0 saturated carbocycles. The van der Waals surface area contributed by atoms with Crippen LogP contribution in [0.25, 0.3) is 0 Å². The van der Waals surface area contributed by atoms with Crippen molar-refractivity contribution in [2.24, 2.45) is 0 Å². The van der Waals surface area contributed by atoms with Crippen molar-refractivity contribution in [3.8, 4) is 0 Å². The van der Waals surface area contributed by atoms with Crippen LogP contribution in [-0.2, 0) is 14.3 Å². The van der Waals surface area contributed by atoms with Gasteiger partial charge in [0.2, 0.25) is 0 Å². The van der Waals surface area contributed by atoms with E-state index in [0.717, 1.165) is 18.4 Å². The van der Waals surface area contributed by atoms with E-state index in [1.165, 1.54) is 0 Å². The summed E-state index contributed by atoms with van der Waals surface area (Å²) in [5.74, 6) is -1.32. The lowest BCUT2D eigenvalue weighted by atomic mass is 10.0. The monoisotopic (exact) mass is 430 g/mol. The third kappa shape index (κ3) is 7.52. The molecule has 0 unspecified atom stereocenters. The Morgan fingerprint density at radius 1 is 1.00 bits per heavy atom. The van der Waals surface area contributed by atoms with Crippen molar-refractivity contribution in [2.75, 3.05) is 6.61 Å². The van der Waals surface area contributed by atoms with E-state index >= 15 is 0 Å². The van der Waals surface area contributed by atoms with Gasteiger partial charge in [0.25, 0.3) is 11.8 Å². The molecule has 0 radical (unpaired) electrons. The topological polar surface area (TPSA) is 84.5 Å². The predicted octanol–water partition coefficient (Wildman–Crippen LogP) is 4.05. The number of nitrogens with one attached hydrogen (secondary N) is 2. The molecular weight excluding hydrogens is 404 g/mol. The van der Waals surface area contributed by atoms with Gasteiger partial charge in [-0.25, -0.2) is 0 Å². The molecule has 30 heavy (non-hydrogen) atoms. The highest BCUT2D eigenvalue weighted by Gasteiger charge is 2.21. The van der Waals surface area contributed by atoms with Crippen molar-refractivity contribution in [3.63, 3.8) is 0 Å². The number of hydrogen-bond donors (Lipinski definition) is 2. The zero-order valence-electron chi connectivity index (χ0n) is 17.2. The molecule has 2 aromatic carbocycles. The second kappa shape index (κ2) is 12.0. The van der Waals surface area contributed by atoms with Crippen LogP contribution < -0.4 is 10.6 Å². The van der Waals surface area contributed by atoms with Gasteiger partial charge in [-0.3, -0.25) is 14.4 Å². The molecule has 0 saturated heterocycles. The fraction of sp³-hybridized carbons (Fsp3) is 0.348. The maximum atomic E-state index is 12.7. The highest BCUT2D eigenvalue weighted by Crippen LogP contribution is 2.20. The molecule has 2 N–H and O–H groups in total. The zero-order valence-corrected chi connectivity index (χ0v) is 17.9. The minimum absolute atomic E-state index is 0.0215. The van der Waals surface area contributed by atoms with E-state index in [9.17, 15) is 14.4 Å².